The normalized spacial score (nSPS) is 13.4. The average Bonchev–Trinajstić information content (AvgIpc) is 2.76. The molecule has 2 aromatic rings. The van der Waals surface area contributed by atoms with E-state index in [4.69, 9.17) is 9.05 Å². The minimum absolute atomic E-state index is 0.247. The van der Waals surface area contributed by atoms with Crippen molar-refractivity contribution in [2.75, 3.05) is 6.61 Å². The van der Waals surface area contributed by atoms with Crippen molar-refractivity contribution in [3.8, 4) is 5.75 Å². The summed E-state index contributed by atoms with van der Waals surface area (Å²) in [6.45, 7) is 2.51. The number of phosphoric ester groups is 1. The van der Waals surface area contributed by atoms with Crippen molar-refractivity contribution in [3.05, 3.63) is 42.5 Å². The van der Waals surface area contributed by atoms with Crippen LogP contribution in [0.15, 0.2) is 42.5 Å². The van der Waals surface area contributed by atoms with Crippen LogP contribution >= 0.6 is 7.82 Å². The van der Waals surface area contributed by atoms with Crippen molar-refractivity contribution in [2.24, 2.45) is 0 Å². The third-order valence-electron chi connectivity index (χ3n) is 5.72. The summed E-state index contributed by atoms with van der Waals surface area (Å²) in [5, 5.41) is 1.77. The van der Waals surface area contributed by atoms with E-state index in [9.17, 15) is 9.46 Å². The third-order valence-corrected chi connectivity index (χ3v) is 6.65. The van der Waals surface area contributed by atoms with Gasteiger partial charge < -0.3 is 4.52 Å². The van der Waals surface area contributed by atoms with E-state index in [0.29, 0.717) is 5.75 Å². The minimum Gasteiger partial charge on any atom is -0.403 e. The molecule has 0 aliphatic heterocycles. The molecule has 0 aliphatic carbocycles. The van der Waals surface area contributed by atoms with E-state index >= 15 is 0 Å². The lowest BCUT2D eigenvalue weighted by Crippen LogP contribution is -1.99. The van der Waals surface area contributed by atoms with Gasteiger partial charge in [-0.15, -0.1) is 0 Å². The number of fused-ring (bicyclic) bond motifs is 1. The molecule has 174 valence electrons. The SMILES string of the molecule is CCCCCCCCCCCCCCCCOP(=O)(O)Oc1cccc2ccccc12. The molecule has 0 bridgehead atoms. The molecule has 0 radical (unpaired) electrons. The van der Waals surface area contributed by atoms with Crippen LogP contribution in [-0.4, -0.2) is 11.5 Å². The number of hydrogen-bond donors (Lipinski definition) is 1. The highest BCUT2D eigenvalue weighted by Crippen LogP contribution is 2.45. The van der Waals surface area contributed by atoms with Crippen molar-refractivity contribution in [3.63, 3.8) is 0 Å². The highest BCUT2D eigenvalue weighted by atomic mass is 31.2. The Labute approximate surface area is 189 Å². The van der Waals surface area contributed by atoms with E-state index in [2.05, 4.69) is 6.92 Å². The lowest BCUT2D eigenvalue weighted by atomic mass is 10.0. The van der Waals surface area contributed by atoms with E-state index in [1.807, 2.05) is 36.4 Å². The van der Waals surface area contributed by atoms with Crippen LogP contribution in [0, 0.1) is 0 Å². The smallest absolute Gasteiger partial charge is 0.403 e. The Kier molecular flexibility index (Phi) is 12.9. The van der Waals surface area contributed by atoms with Crippen LogP contribution in [0.25, 0.3) is 10.8 Å². The third kappa shape index (κ3) is 11.2. The molecule has 0 heterocycles. The molecule has 0 spiro atoms. The molecule has 0 saturated carbocycles. The van der Waals surface area contributed by atoms with Crippen LogP contribution in [0.1, 0.15) is 96.8 Å². The number of benzene rings is 2. The van der Waals surface area contributed by atoms with E-state index in [1.54, 1.807) is 6.07 Å². The van der Waals surface area contributed by atoms with Gasteiger partial charge in [-0.05, 0) is 17.9 Å². The molecule has 0 saturated heterocycles. The summed E-state index contributed by atoms with van der Waals surface area (Å²) < 4.78 is 22.8. The molecule has 5 heteroatoms. The van der Waals surface area contributed by atoms with Crippen molar-refractivity contribution in [2.45, 2.75) is 96.8 Å². The molecule has 2 rings (SSSR count). The summed E-state index contributed by atoms with van der Waals surface area (Å²) in [5.74, 6) is 0.380. The predicted octanol–water partition coefficient (Wildman–Crippen LogP) is 8.82. The van der Waals surface area contributed by atoms with Crippen molar-refractivity contribution in [1.82, 2.24) is 0 Å². The lowest BCUT2D eigenvalue weighted by Gasteiger charge is -2.14. The lowest BCUT2D eigenvalue weighted by molar-refractivity contribution is 0.200. The second kappa shape index (κ2) is 15.5. The van der Waals surface area contributed by atoms with Gasteiger partial charge in [-0.3, -0.25) is 9.42 Å². The molecule has 0 amide bonds. The van der Waals surface area contributed by atoms with E-state index in [0.717, 1.165) is 30.0 Å². The Morgan fingerprint density at radius 3 is 1.84 bits per heavy atom. The average molecular weight is 449 g/mol. The number of hydrogen-bond acceptors (Lipinski definition) is 3. The number of rotatable bonds is 18. The van der Waals surface area contributed by atoms with Crippen LogP contribution < -0.4 is 4.52 Å². The predicted molar refractivity (Wildman–Crippen MR) is 131 cm³/mol. The Morgan fingerprint density at radius 1 is 0.710 bits per heavy atom. The standard InChI is InChI=1S/C26H41O4P/c1-2-3-4-5-6-7-8-9-10-11-12-13-14-17-23-29-31(27,28)30-26-22-18-20-24-19-15-16-21-25(24)26/h15-16,18-22H,2-14,17,23H2,1H3,(H,27,28). The van der Waals surface area contributed by atoms with Crippen LogP contribution in [-0.2, 0) is 9.09 Å². The Hall–Kier alpha value is -1.35. The molecule has 1 N–H and O–H groups in total. The monoisotopic (exact) mass is 448 g/mol. The van der Waals surface area contributed by atoms with Gasteiger partial charge in [0, 0.05) is 5.39 Å². The quantitative estimate of drug-likeness (QED) is 0.183. The van der Waals surface area contributed by atoms with Crippen molar-refractivity contribution in [1.29, 1.82) is 0 Å². The summed E-state index contributed by atoms with van der Waals surface area (Å²) >= 11 is 0. The first kappa shape index (κ1) is 25.9. The van der Waals surface area contributed by atoms with E-state index in [-0.39, 0.29) is 6.61 Å². The molecule has 1 unspecified atom stereocenters. The first-order chi connectivity index (χ1) is 15.1. The van der Waals surface area contributed by atoms with Gasteiger partial charge in [0.15, 0.2) is 0 Å². The first-order valence-electron chi connectivity index (χ1n) is 12.3. The Morgan fingerprint density at radius 2 is 1.23 bits per heavy atom. The fourth-order valence-electron chi connectivity index (χ4n) is 3.90. The largest absolute Gasteiger partial charge is 0.527 e. The number of unbranched alkanes of at least 4 members (excludes halogenated alkanes) is 13. The van der Waals surface area contributed by atoms with Crippen LogP contribution in [0.4, 0.5) is 0 Å². The zero-order chi connectivity index (χ0) is 22.2. The van der Waals surface area contributed by atoms with Gasteiger partial charge in [0.25, 0.3) is 0 Å². The minimum atomic E-state index is -4.11. The van der Waals surface area contributed by atoms with Gasteiger partial charge >= 0.3 is 7.82 Å². The maximum atomic E-state index is 12.3. The Balaban J connectivity index is 1.47. The summed E-state index contributed by atoms with van der Waals surface area (Å²) in [4.78, 5) is 10.0. The molecule has 31 heavy (non-hydrogen) atoms. The molecule has 0 fully saturated rings. The van der Waals surface area contributed by atoms with Crippen molar-refractivity contribution < 1.29 is 18.5 Å². The van der Waals surface area contributed by atoms with E-state index < -0.39 is 7.82 Å². The molecule has 1 atom stereocenters. The zero-order valence-corrected chi connectivity index (χ0v) is 20.2. The molecule has 0 aliphatic rings. The zero-order valence-electron chi connectivity index (χ0n) is 19.3. The van der Waals surface area contributed by atoms with Crippen LogP contribution in [0.2, 0.25) is 0 Å². The topological polar surface area (TPSA) is 55.8 Å². The molecule has 4 nitrogen and oxygen atoms in total. The summed E-state index contributed by atoms with van der Waals surface area (Å²) in [6.07, 6.45) is 17.9. The molecular weight excluding hydrogens is 407 g/mol. The highest BCUT2D eigenvalue weighted by Gasteiger charge is 2.23. The van der Waals surface area contributed by atoms with Gasteiger partial charge in [-0.2, -0.15) is 0 Å². The van der Waals surface area contributed by atoms with Gasteiger partial charge in [0.1, 0.15) is 5.75 Å². The van der Waals surface area contributed by atoms with Gasteiger partial charge in [0.2, 0.25) is 0 Å². The summed E-state index contributed by atoms with van der Waals surface area (Å²) in [6, 6.07) is 13.1. The second-order valence-corrected chi connectivity index (χ2v) is 9.84. The first-order valence-corrected chi connectivity index (χ1v) is 13.8. The second-order valence-electron chi connectivity index (χ2n) is 8.47. The number of phosphoric acid groups is 1. The summed E-state index contributed by atoms with van der Waals surface area (Å²) in [7, 11) is -4.11. The van der Waals surface area contributed by atoms with Crippen LogP contribution in [0.3, 0.4) is 0 Å². The maximum Gasteiger partial charge on any atom is 0.527 e. The van der Waals surface area contributed by atoms with E-state index in [1.165, 1.54) is 70.6 Å². The maximum absolute atomic E-state index is 12.3. The summed E-state index contributed by atoms with van der Waals surface area (Å²) in [5.41, 5.74) is 0. The molecular formula is C26H41O4P. The Bertz CT molecular complexity index is 772. The highest BCUT2D eigenvalue weighted by molar-refractivity contribution is 7.47. The van der Waals surface area contributed by atoms with Gasteiger partial charge in [-0.25, -0.2) is 4.57 Å². The fourth-order valence-corrected chi connectivity index (χ4v) is 4.72. The van der Waals surface area contributed by atoms with Gasteiger partial charge in [0.05, 0.1) is 6.61 Å². The van der Waals surface area contributed by atoms with Gasteiger partial charge in [-0.1, -0.05) is 127 Å². The molecule has 0 aromatic heterocycles. The fraction of sp³-hybridized carbons (Fsp3) is 0.615. The molecule has 2 aromatic carbocycles. The van der Waals surface area contributed by atoms with Crippen LogP contribution in [0.5, 0.6) is 5.75 Å². The van der Waals surface area contributed by atoms with Crippen molar-refractivity contribution >= 4 is 18.6 Å².